The molecule has 0 aliphatic heterocycles. The predicted octanol–water partition coefficient (Wildman–Crippen LogP) is 5.57. The fourth-order valence-corrected chi connectivity index (χ4v) is 3.55. The summed E-state index contributed by atoms with van der Waals surface area (Å²) in [5.74, 6) is 0.200. The van der Waals surface area contributed by atoms with Gasteiger partial charge in [-0.15, -0.1) is 0 Å². The summed E-state index contributed by atoms with van der Waals surface area (Å²) in [6.45, 7) is 13.3. The smallest absolute Gasteiger partial charge is 0.306 e. The number of nitrogens with one attached hydrogen (secondary N) is 1. The normalized spacial score (nSPS) is 16.4. The Morgan fingerprint density at radius 3 is 2.57 bits per heavy atom. The number of nitrogens with zero attached hydrogens (tertiary/aromatic N) is 1. The maximum Gasteiger partial charge on any atom is 0.306 e. The van der Waals surface area contributed by atoms with Crippen molar-refractivity contribution in [3.63, 3.8) is 0 Å². The molecule has 30 heavy (non-hydrogen) atoms. The third kappa shape index (κ3) is 7.97. The van der Waals surface area contributed by atoms with Gasteiger partial charge in [-0.1, -0.05) is 27.7 Å². The van der Waals surface area contributed by atoms with Crippen molar-refractivity contribution in [1.29, 1.82) is 0 Å². The van der Waals surface area contributed by atoms with Crippen LogP contribution in [0.1, 0.15) is 53.0 Å². The van der Waals surface area contributed by atoms with Crippen LogP contribution in [0, 0.1) is 18.3 Å². The predicted molar refractivity (Wildman–Crippen MR) is 123 cm³/mol. The lowest BCUT2D eigenvalue weighted by Gasteiger charge is -2.22. The van der Waals surface area contributed by atoms with E-state index in [1.165, 1.54) is 0 Å². The van der Waals surface area contributed by atoms with Gasteiger partial charge < -0.3 is 10.1 Å². The molecular weight excluding hydrogens is 376 g/mol. The van der Waals surface area contributed by atoms with Gasteiger partial charge in [0.1, 0.15) is 6.61 Å². The fraction of sp³-hybridized carbons (Fsp3) is 0.480. The number of ketones is 1. The van der Waals surface area contributed by atoms with Crippen molar-refractivity contribution in [3.05, 3.63) is 47.6 Å². The molecule has 0 bridgehead atoms. The summed E-state index contributed by atoms with van der Waals surface area (Å²) in [4.78, 5) is 28.1. The van der Waals surface area contributed by atoms with Gasteiger partial charge in [-0.05, 0) is 79.2 Å². The maximum atomic E-state index is 12.0. The van der Waals surface area contributed by atoms with Gasteiger partial charge >= 0.3 is 5.97 Å². The highest BCUT2D eigenvalue weighted by molar-refractivity contribution is 6.19. The van der Waals surface area contributed by atoms with Gasteiger partial charge in [0.2, 0.25) is 0 Å². The van der Waals surface area contributed by atoms with E-state index in [0.717, 1.165) is 29.1 Å². The number of carbonyl (C=O) groups is 2. The average Bonchev–Trinajstić information content (AvgIpc) is 2.62. The number of aryl methyl sites for hydroxylation is 1. The van der Waals surface area contributed by atoms with Crippen LogP contribution in [0.25, 0.3) is 0 Å². The van der Waals surface area contributed by atoms with Crippen molar-refractivity contribution in [1.82, 2.24) is 0 Å². The standard InChI is InChI=1S/C25H34N2O3/c1-17(16-25(4,5)6)13-24(29)30-12-11-26-20-7-9-22(18(2)14-20)27-21-8-10-23(28)19(3)15-21/h7-10,14-15,17,26H,11-13,16H2,1-6H3. The molecule has 0 fully saturated rings. The highest BCUT2D eigenvalue weighted by atomic mass is 16.5. The van der Waals surface area contributed by atoms with Crippen LogP contribution in [0.15, 0.2) is 47.0 Å². The Morgan fingerprint density at radius 1 is 1.20 bits per heavy atom. The molecule has 0 saturated heterocycles. The quantitative estimate of drug-likeness (QED) is 0.346. The largest absolute Gasteiger partial charge is 0.464 e. The highest BCUT2D eigenvalue weighted by Crippen LogP contribution is 2.26. The van der Waals surface area contributed by atoms with Crippen molar-refractivity contribution >= 4 is 28.8 Å². The molecule has 0 aromatic heterocycles. The number of esters is 1. The molecule has 162 valence electrons. The molecule has 0 heterocycles. The molecule has 0 amide bonds. The minimum atomic E-state index is -0.140. The number of hydrogen-bond donors (Lipinski definition) is 1. The summed E-state index contributed by atoms with van der Waals surface area (Å²) < 4.78 is 5.36. The first-order chi connectivity index (χ1) is 14.0. The van der Waals surface area contributed by atoms with E-state index in [0.29, 0.717) is 31.1 Å². The molecule has 1 aromatic rings. The van der Waals surface area contributed by atoms with E-state index in [2.05, 4.69) is 38.0 Å². The highest BCUT2D eigenvalue weighted by Gasteiger charge is 2.18. The van der Waals surface area contributed by atoms with Crippen LogP contribution in [0.2, 0.25) is 0 Å². The van der Waals surface area contributed by atoms with Gasteiger partial charge in [-0.2, -0.15) is 0 Å². The number of allylic oxidation sites excluding steroid dienone is 4. The lowest BCUT2D eigenvalue weighted by molar-refractivity contribution is -0.144. The summed E-state index contributed by atoms with van der Waals surface area (Å²) in [6.07, 6.45) is 6.53. The summed E-state index contributed by atoms with van der Waals surface area (Å²) in [5, 5.41) is 3.28. The number of carbonyl (C=O) groups excluding carboxylic acids is 2. The monoisotopic (exact) mass is 410 g/mol. The van der Waals surface area contributed by atoms with Crippen LogP contribution in [0.5, 0.6) is 0 Å². The van der Waals surface area contributed by atoms with Crippen LogP contribution < -0.4 is 5.32 Å². The third-order valence-electron chi connectivity index (χ3n) is 4.78. The second kappa shape index (κ2) is 10.4. The van der Waals surface area contributed by atoms with E-state index in [-0.39, 0.29) is 17.2 Å². The first-order valence-electron chi connectivity index (χ1n) is 10.5. The number of anilines is 1. The summed E-state index contributed by atoms with van der Waals surface area (Å²) >= 11 is 0. The van der Waals surface area contributed by atoms with E-state index < -0.39 is 0 Å². The van der Waals surface area contributed by atoms with Crippen LogP contribution in [-0.2, 0) is 14.3 Å². The molecule has 1 aliphatic rings. The SMILES string of the molecule is CC1=CC(=Nc2ccc(NCCOC(=O)CC(C)CC(C)(C)C)cc2C)C=CC1=O. The molecule has 1 atom stereocenters. The first-order valence-corrected chi connectivity index (χ1v) is 10.5. The van der Waals surface area contributed by atoms with E-state index in [4.69, 9.17) is 4.74 Å². The summed E-state index contributed by atoms with van der Waals surface area (Å²) in [7, 11) is 0. The van der Waals surface area contributed by atoms with Crippen LogP contribution in [-0.4, -0.2) is 30.6 Å². The Hall–Kier alpha value is -2.69. The van der Waals surface area contributed by atoms with Crippen LogP contribution in [0.4, 0.5) is 11.4 Å². The summed E-state index contributed by atoms with van der Waals surface area (Å²) in [5.41, 5.74) is 4.51. The third-order valence-corrected chi connectivity index (χ3v) is 4.78. The van der Waals surface area contributed by atoms with Crippen molar-refractivity contribution in [2.75, 3.05) is 18.5 Å². The van der Waals surface area contributed by atoms with Gasteiger partial charge in [-0.25, -0.2) is 4.99 Å². The minimum absolute atomic E-state index is 0.0228. The number of hydrogen-bond acceptors (Lipinski definition) is 5. The van der Waals surface area contributed by atoms with Crippen LogP contribution in [0.3, 0.4) is 0 Å². The molecule has 5 nitrogen and oxygen atoms in total. The van der Waals surface area contributed by atoms with Crippen LogP contribution >= 0.6 is 0 Å². The Kier molecular flexibility index (Phi) is 8.16. The molecule has 0 saturated carbocycles. The van der Waals surface area contributed by atoms with Gasteiger partial charge in [0.05, 0.1) is 11.4 Å². The molecule has 0 spiro atoms. The zero-order valence-electron chi connectivity index (χ0n) is 19.0. The topological polar surface area (TPSA) is 67.8 Å². The Labute approximate surface area is 180 Å². The van der Waals surface area contributed by atoms with Gasteiger partial charge in [0.25, 0.3) is 0 Å². The number of ether oxygens (including phenoxy) is 1. The molecular formula is C25H34N2O3. The van der Waals surface area contributed by atoms with Crippen molar-refractivity contribution < 1.29 is 14.3 Å². The lowest BCUT2D eigenvalue weighted by atomic mass is 9.84. The molecule has 2 rings (SSSR count). The molecule has 1 aliphatic carbocycles. The number of benzene rings is 1. The Morgan fingerprint density at radius 2 is 1.93 bits per heavy atom. The van der Waals surface area contributed by atoms with Gasteiger partial charge in [-0.3, -0.25) is 9.59 Å². The van der Waals surface area contributed by atoms with E-state index in [1.54, 1.807) is 25.2 Å². The zero-order valence-corrected chi connectivity index (χ0v) is 19.0. The second-order valence-corrected chi connectivity index (χ2v) is 9.28. The number of rotatable bonds is 8. The summed E-state index contributed by atoms with van der Waals surface area (Å²) in [6, 6.07) is 5.91. The van der Waals surface area contributed by atoms with Crippen molar-refractivity contribution in [3.8, 4) is 0 Å². The molecule has 5 heteroatoms. The molecule has 1 aromatic carbocycles. The maximum absolute atomic E-state index is 12.0. The number of aliphatic imine (C=N–C) groups is 1. The van der Waals surface area contributed by atoms with Crippen molar-refractivity contribution in [2.24, 2.45) is 16.3 Å². The Balaban J connectivity index is 1.81. The molecule has 1 N–H and O–H groups in total. The van der Waals surface area contributed by atoms with Crippen molar-refractivity contribution in [2.45, 2.75) is 54.4 Å². The zero-order chi connectivity index (χ0) is 22.3. The lowest BCUT2D eigenvalue weighted by Crippen LogP contribution is -2.18. The van der Waals surface area contributed by atoms with E-state index >= 15 is 0 Å². The molecule has 0 radical (unpaired) electrons. The Bertz CT molecular complexity index is 873. The van der Waals surface area contributed by atoms with Gasteiger partial charge in [0, 0.05) is 18.7 Å². The fourth-order valence-electron chi connectivity index (χ4n) is 3.55. The minimum Gasteiger partial charge on any atom is -0.464 e. The molecule has 1 unspecified atom stereocenters. The van der Waals surface area contributed by atoms with E-state index in [1.807, 2.05) is 25.1 Å². The average molecular weight is 411 g/mol. The first kappa shape index (κ1) is 23.6. The van der Waals surface area contributed by atoms with E-state index in [9.17, 15) is 9.59 Å². The van der Waals surface area contributed by atoms with Gasteiger partial charge in [0.15, 0.2) is 5.78 Å². The second-order valence-electron chi connectivity index (χ2n) is 9.28.